The second kappa shape index (κ2) is 15.3. The quantitative estimate of drug-likeness (QED) is 0.166. The molecule has 0 spiro atoms. The third-order valence-electron chi connectivity index (χ3n) is 15.1. The highest BCUT2D eigenvalue weighted by Crippen LogP contribution is 2.51. The van der Waals surface area contributed by atoms with E-state index in [1.165, 1.54) is 44.1 Å². The van der Waals surface area contributed by atoms with Crippen LogP contribution in [-0.4, -0.2) is 19.5 Å². The highest BCUT2D eigenvalue weighted by molar-refractivity contribution is 6.15. The molecule has 0 fully saturated rings. The minimum Gasteiger partial charge on any atom is -0.456 e. The molecule has 0 saturated carbocycles. The zero-order chi connectivity index (χ0) is 47.7. The molecule has 0 aliphatic heterocycles. The number of hydrogen-bond acceptors (Lipinski definition) is 5. The first-order valence-corrected chi connectivity index (χ1v) is 24.5. The molecule has 14 aromatic rings. The van der Waals surface area contributed by atoms with Crippen LogP contribution in [0.4, 0.5) is 0 Å². The summed E-state index contributed by atoms with van der Waals surface area (Å²) in [5.41, 5.74) is 19.0. The largest absolute Gasteiger partial charge is 0.456 e. The minimum absolute atomic E-state index is 0.124. The van der Waals surface area contributed by atoms with Crippen molar-refractivity contribution < 1.29 is 8.83 Å². The van der Waals surface area contributed by atoms with Crippen molar-refractivity contribution in [2.45, 2.75) is 19.3 Å². The summed E-state index contributed by atoms with van der Waals surface area (Å²) in [6.07, 6.45) is 0. The van der Waals surface area contributed by atoms with E-state index in [9.17, 15) is 0 Å². The van der Waals surface area contributed by atoms with Gasteiger partial charge in [0.1, 0.15) is 22.3 Å². The van der Waals surface area contributed by atoms with E-state index in [-0.39, 0.29) is 5.41 Å². The van der Waals surface area contributed by atoms with Gasteiger partial charge in [0.15, 0.2) is 17.5 Å². The van der Waals surface area contributed by atoms with E-state index in [0.717, 1.165) is 88.5 Å². The fourth-order valence-corrected chi connectivity index (χ4v) is 11.5. The van der Waals surface area contributed by atoms with E-state index < -0.39 is 0 Å². The molecule has 0 atom stereocenters. The summed E-state index contributed by atoms with van der Waals surface area (Å²) in [6, 6.07) is 77.2. The van der Waals surface area contributed by atoms with Gasteiger partial charge in [0, 0.05) is 60.1 Å². The van der Waals surface area contributed by atoms with Gasteiger partial charge in [-0.1, -0.05) is 153 Å². The Bertz CT molecular complexity index is 4530. The van der Waals surface area contributed by atoms with Crippen LogP contribution in [0.25, 0.3) is 139 Å². The van der Waals surface area contributed by atoms with Crippen molar-refractivity contribution in [3.63, 3.8) is 0 Å². The van der Waals surface area contributed by atoms with Gasteiger partial charge >= 0.3 is 0 Å². The molecule has 0 radical (unpaired) electrons. The number of benzene rings is 10. The maximum atomic E-state index is 6.63. The van der Waals surface area contributed by atoms with Crippen molar-refractivity contribution in [3.05, 3.63) is 230 Å². The van der Waals surface area contributed by atoms with E-state index in [1.807, 2.05) is 54.6 Å². The van der Waals surface area contributed by atoms with Crippen LogP contribution < -0.4 is 0 Å². The molecular formula is C66H42N4O2. The van der Waals surface area contributed by atoms with Crippen LogP contribution >= 0.6 is 0 Å². The number of nitrogens with zero attached hydrogens (tertiary/aromatic N) is 4. The van der Waals surface area contributed by atoms with Crippen molar-refractivity contribution >= 4 is 65.7 Å². The number of fused-ring (bicyclic) bond motifs is 12. The lowest BCUT2D eigenvalue weighted by Crippen LogP contribution is -2.14. The van der Waals surface area contributed by atoms with E-state index >= 15 is 0 Å². The summed E-state index contributed by atoms with van der Waals surface area (Å²) in [5.74, 6) is 1.69. The van der Waals surface area contributed by atoms with Gasteiger partial charge in [-0.15, -0.1) is 0 Å². The van der Waals surface area contributed by atoms with Gasteiger partial charge in [-0.05, 0) is 123 Å². The highest BCUT2D eigenvalue weighted by atomic mass is 16.3. The number of furan rings is 2. The molecule has 0 N–H and O–H groups in total. The number of aromatic nitrogens is 4. The number of rotatable bonds is 6. The van der Waals surface area contributed by atoms with Crippen molar-refractivity contribution in [2.75, 3.05) is 0 Å². The lowest BCUT2D eigenvalue weighted by Gasteiger charge is -2.21. The third kappa shape index (κ3) is 6.12. The molecule has 6 nitrogen and oxygen atoms in total. The van der Waals surface area contributed by atoms with Crippen LogP contribution in [0.3, 0.4) is 0 Å². The Morgan fingerprint density at radius 1 is 0.333 bits per heavy atom. The van der Waals surface area contributed by atoms with Gasteiger partial charge in [-0.2, -0.15) is 0 Å². The summed E-state index contributed by atoms with van der Waals surface area (Å²) in [5, 5.41) is 6.49. The van der Waals surface area contributed by atoms with Crippen LogP contribution in [0.5, 0.6) is 0 Å². The van der Waals surface area contributed by atoms with Crippen LogP contribution in [0.15, 0.2) is 227 Å². The molecule has 1 aliphatic carbocycles. The molecule has 1 aliphatic rings. The standard InChI is InChI=1S/C66H42N4O2/c1-66(2)54-23-13-12-21-46(54)50-38-57-52(37-55(50)66)51-33-41(27-31-56(51)70(57)45-19-10-5-11-20-45)42-28-32-58-53(34-42)62-49(22-14-24-59(62)71-58)65-68-63(40-17-8-4-9-18-40)67-64(69-65)44-26-30-48-47-29-25-43(39-15-6-3-7-16-39)35-60(47)72-61(48)36-44/h3-38H,1-2H3. The van der Waals surface area contributed by atoms with Gasteiger partial charge in [0.05, 0.1) is 11.0 Å². The van der Waals surface area contributed by atoms with Gasteiger partial charge < -0.3 is 13.4 Å². The zero-order valence-electron chi connectivity index (χ0n) is 39.4. The molecule has 0 amide bonds. The fourth-order valence-electron chi connectivity index (χ4n) is 11.5. The van der Waals surface area contributed by atoms with Gasteiger partial charge in [0.2, 0.25) is 0 Å². The molecule has 0 saturated heterocycles. The van der Waals surface area contributed by atoms with Gasteiger partial charge in [-0.3, -0.25) is 0 Å². The predicted octanol–water partition coefficient (Wildman–Crippen LogP) is 17.4. The second-order valence-corrected chi connectivity index (χ2v) is 19.5. The van der Waals surface area contributed by atoms with Gasteiger partial charge in [0.25, 0.3) is 0 Å². The first-order valence-electron chi connectivity index (χ1n) is 24.5. The van der Waals surface area contributed by atoms with Crippen LogP contribution in [0, 0.1) is 0 Å². The topological polar surface area (TPSA) is 69.9 Å². The summed E-state index contributed by atoms with van der Waals surface area (Å²) in [4.78, 5) is 15.6. The molecule has 0 unspecified atom stereocenters. The minimum atomic E-state index is -0.124. The van der Waals surface area contributed by atoms with Crippen molar-refractivity contribution in [3.8, 4) is 73.2 Å². The molecule has 0 bridgehead atoms. The Labute approximate surface area is 414 Å². The molecule has 4 heterocycles. The van der Waals surface area contributed by atoms with E-state index in [2.05, 4.69) is 182 Å². The lowest BCUT2D eigenvalue weighted by atomic mass is 9.82. The molecular weight excluding hydrogens is 881 g/mol. The maximum Gasteiger partial charge on any atom is 0.164 e. The summed E-state index contributed by atoms with van der Waals surface area (Å²) < 4.78 is 15.6. The first-order chi connectivity index (χ1) is 35.4. The van der Waals surface area contributed by atoms with Crippen LogP contribution in [0.2, 0.25) is 0 Å². The number of para-hydroxylation sites is 1. The van der Waals surface area contributed by atoms with Crippen molar-refractivity contribution in [1.82, 2.24) is 19.5 Å². The molecule has 6 heteroatoms. The summed E-state index contributed by atoms with van der Waals surface area (Å²) in [7, 11) is 0. The van der Waals surface area contributed by atoms with E-state index in [4.69, 9.17) is 23.8 Å². The second-order valence-electron chi connectivity index (χ2n) is 19.5. The molecule has 15 rings (SSSR count). The Hall–Kier alpha value is -9.39. The SMILES string of the molecule is CC1(C)c2ccccc2-c2cc3c(cc21)c1cc(-c2ccc4oc5cccc(-c6nc(-c7ccccc7)nc(-c7ccc8c(c7)oc7cc(-c9ccccc9)ccc78)n6)c5c4c2)ccc1n3-c1ccccc1. The normalized spacial score (nSPS) is 13.0. The van der Waals surface area contributed by atoms with E-state index in [0.29, 0.717) is 17.5 Å². The molecule has 338 valence electrons. The first kappa shape index (κ1) is 40.5. The van der Waals surface area contributed by atoms with E-state index in [1.54, 1.807) is 0 Å². The maximum absolute atomic E-state index is 6.63. The Kier molecular flexibility index (Phi) is 8.61. The fraction of sp³-hybridized carbons (Fsp3) is 0.0455. The van der Waals surface area contributed by atoms with Gasteiger partial charge in [-0.25, -0.2) is 15.0 Å². The summed E-state index contributed by atoms with van der Waals surface area (Å²) in [6.45, 7) is 4.71. The van der Waals surface area contributed by atoms with Crippen molar-refractivity contribution in [1.29, 1.82) is 0 Å². The average Bonchev–Trinajstić information content (AvgIpc) is 4.16. The molecule has 10 aromatic carbocycles. The lowest BCUT2D eigenvalue weighted by molar-refractivity contribution is 0.661. The highest BCUT2D eigenvalue weighted by Gasteiger charge is 2.36. The monoisotopic (exact) mass is 922 g/mol. The Morgan fingerprint density at radius 2 is 0.903 bits per heavy atom. The third-order valence-corrected chi connectivity index (χ3v) is 15.1. The Morgan fingerprint density at radius 3 is 1.68 bits per heavy atom. The zero-order valence-corrected chi connectivity index (χ0v) is 39.4. The number of hydrogen-bond donors (Lipinski definition) is 0. The average molecular weight is 923 g/mol. The van der Waals surface area contributed by atoms with Crippen molar-refractivity contribution in [2.24, 2.45) is 0 Å². The molecule has 4 aromatic heterocycles. The molecule has 72 heavy (non-hydrogen) atoms. The summed E-state index contributed by atoms with van der Waals surface area (Å²) >= 11 is 0. The van der Waals surface area contributed by atoms with Crippen LogP contribution in [0.1, 0.15) is 25.0 Å². The predicted molar refractivity (Wildman–Crippen MR) is 293 cm³/mol. The smallest absolute Gasteiger partial charge is 0.164 e. The van der Waals surface area contributed by atoms with Crippen LogP contribution in [-0.2, 0) is 5.41 Å². The Balaban J connectivity index is 0.882.